The number of hydrogen-bond donors (Lipinski definition) is 0. The summed E-state index contributed by atoms with van der Waals surface area (Å²) in [4.78, 5) is 0. The smallest absolute Gasteiger partial charge is 0.104 e. The lowest BCUT2D eigenvalue weighted by molar-refractivity contribution is -0.903. The van der Waals surface area contributed by atoms with Crippen LogP contribution in [-0.4, -0.2) is 25.1 Å². The van der Waals surface area contributed by atoms with Gasteiger partial charge >= 0.3 is 0 Å². The first-order chi connectivity index (χ1) is 11.6. The molecule has 0 heterocycles. The van der Waals surface area contributed by atoms with Crippen molar-refractivity contribution in [3.8, 4) is 0 Å². The van der Waals surface area contributed by atoms with Crippen LogP contribution in [0.2, 0.25) is 0 Å². The van der Waals surface area contributed by atoms with Crippen molar-refractivity contribution in [1.82, 2.24) is 0 Å². The molecule has 0 unspecified atom stereocenters. The van der Waals surface area contributed by atoms with E-state index in [4.69, 9.17) is 0 Å². The van der Waals surface area contributed by atoms with Gasteiger partial charge in [0.1, 0.15) is 6.54 Å². The van der Waals surface area contributed by atoms with E-state index in [0.717, 1.165) is 11.0 Å². The fourth-order valence-corrected chi connectivity index (χ4v) is 3.40. The summed E-state index contributed by atoms with van der Waals surface area (Å²) in [5.41, 5.74) is 1.45. The van der Waals surface area contributed by atoms with Crippen LogP contribution in [0.25, 0.3) is 0 Å². The lowest BCUT2D eigenvalue weighted by Gasteiger charge is -2.30. The maximum atomic E-state index is 3.78. The fourth-order valence-electron chi connectivity index (χ4n) is 3.40. The van der Waals surface area contributed by atoms with Crippen LogP contribution in [0.3, 0.4) is 0 Å². The molecular formula is C23H40N+. The van der Waals surface area contributed by atoms with Gasteiger partial charge in [-0.25, -0.2) is 0 Å². The molecule has 1 rings (SSSR count). The molecule has 24 heavy (non-hydrogen) atoms. The normalized spacial score (nSPS) is 11.6. The first-order valence-electron chi connectivity index (χ1n) is 10.1. The number of benzene rings is 1. The predicted molar refractivity (Wildman–Crippen MR) is 108 cm³/mol. The number of nitrogens with zero attached hydrogens (tertiary/aromatic N) is 1. The minimum Gasteiger partial charge on any atom is -0.325 e. The second-order valence-corrected chi connectivity index (χ2v) is 7.92. The monoisotopic (exact) mass is 330 g/mol. The average Bonchev–Trinajstić information content (AvgIpc) is 2.56. The Kier molecular flexibility index (Phi) is 11.6. The lowest BCUT2D eigenvalue weighted by atomic mass is 10.1. The number of allylic oxidation sites excluding steroid dienone is 1. The van der Waals surface area contributed by atoms with Gasteiger partial charge in [0.2, 0.25) is 0 Å². The Morgan fingerprint density at radius 1 is 0.750 bits per heavy atom. The van der Waals surface area contributed by atoms with E-state index in [2.05, 4.69) is 51.0 Å². The molecule has 0 fully saturated rings. The Bertz CT molecular complexity index is 407. The highest BCUT2D eigenvalue weighted by molar-refractivity contribution is 5.13. The van der Waals surface area contributed by atoms with Crippen molar-refractivity contribution in [2.45, 2.75) is 77.2 Å². The van der Waals surface area contributed by atoms with Gasteiger partial charge in [0, 0.05) is 5.56 Å². The molecule has 0 radical (unpaired) electrons. The zero-order valence-corrected chi connectivity index (χ0v) is 16.3. The van der Waals surface area contributed by atoms with Gasteiger partial charge in [-0.15, -0.1) is 6.58 Å². The van der Waals surface area contributed by atoms with Crippen LogP contribution >= 0.6 is 0 Å². The number of quaternary nitrogens is 1. The first-order valence-corrected chi connectivity index (χ1v) is 10.1. The van der Waals surface area contributed by atoms with Gasteiger partial charge in [-0.1, -0.05) is 81.4 Å². The zero-order valence-electron chi connectivity index (χ0n) is 16.3. The molecule has 0 atom stereocenters. The molecule has 136 valence electrons. The van der Waals surface area contributed by atoms with Gasteiger partial charge in [0.25, 0.3) is 0 Å². The Balaban J connectivity index is 1.93. The summed E-state index contributed by atoms with van der Waals surface area (Å²) in [5, 5.41) is 0. The molecular weight excluding hydrogens is 290 g/mol. The van der Waals surface area contributed by atoms with Crippen molar-refractivity contribution in [3.05, 3.63) is 48.6 Å². The highest BCUT2D eigenvalue weighted by atomic mass is 15.3. The van der Waals surface area contributed by atoms with Gasteiger partial charge in [-0.3, -0.25) is 0 Å². The van der Waals surface area contributed by atoms with Crippen molar-refractivity contribution in [1.29, 1.82) is 0 Å². The van der Waals surface area contributed by atoms with Gasteiger partial charge in [0.15, 0.2) is 0 Å². The van der Waals surface area contributed by atoms with Crippen LogP contribution < -0.4 is 0 Å². The zero-order chi connectivity index (χ0) is 17.5. The van der Waals surface area contributed by atoms with Crippen molar-refractivity contribution in [2.24, 2.45) is 0 Å². The fraction of sp³-hybridized carbons (Fsp3) is 0.652. The number of unbranched alkanes of at least 4 members (excludes halogenated alkanes) is 10. The summed E-state index contributed by atoms with van der Waals surface area (Å²) in [6.45, 7) is 6.21. The number of rotatable bonds is 15. The van der Waals surface area contributed by atoms with Crippen LogP contribution in [-0.2, 0) is 6.54 Å². The molecule has 0 bridgehead atoms. The van der Waals surface area contributed by atoms with Gasteiger partial charge in [-0.05, 0) is 25.7 Å². The summed E-state index contributed by atoms with van der Waals surface area (Å²) in [6.07, 6.45) is 17.3. The SMILES string of the molecule is C=CCCCCCCCCCCCC[N+](C)(C)Cc1ccccc1. The van der Waals surface area contributed by atoms with E-state index in [1.807, 2.05) is 6.08 Å². The second kappa shape index (κ2) is 13.2. The van der Waals surface area contributed by atoms with E-state index in [-0.39, 0.29) is 0 Å². The van der Waals surface area contributed by atoms with E-state index < -0.39 is 0 Å². The van der Waals surface area contributed by atoms with Gasteiger partial charge < -0.3 is 4.48 Å². The molecule has 1 aromatic carbocycles. The van der Waals surface area contributed by atoms with E-state index in [0.29, 0.717) is 0 Å². The summed E-state index contributed by atoms with van der Waals surface area (Å²) in [7, 11) is 4.72. The Morgan fingerprint density at radius 2 is 1.25 bits per heavy atom. The van der Waals surface area contributed by atoms with E-state index >= 15 is 0 Å². The molecule has 0 saturated carbocycles. The van der Waals surface area contributed by atoms with E-state index in [1.165, 1.54) is 82.7 Å². The quantitative estimate of drug-likeness (QED) is 0.190. The van der Waals surface area contributed by atoms with Crippen LogP contribution in [0, 0.1) is 0 Å². The van der Waals surface area contributed by atoms with Crippen LogP contribution in [0.1, 0.15) is 76.2 Å². The predicted octanol–water partition coefficient (Wildman–Crippen LogP) is 6.74. The van der Waals surface area contributed by atoms with Crippen LogP contribution in [0.4, 0.5) is 0 Å². The molecule has 0 aliphatic rings. The highest BCUT2D eigenvalue weighted by Crippen LogP contribution is 2.14. The molecule has 0 spiro atoms. The molecule has 0 saturated heterocycles. The molecule has 0 N–H and O–H groups in total. The summed E-state index contributed by atoms with van der Waals surface area (Å²) >= 11 is 0. The third-order valence-electron chi connectivity index (χ3n) is 4.88. The molecule has 0 aromatic heterocycles. The van der Waals surface area contributed by atoms with Crippen molar-refractivity contribution in [2.75, 3.05) is 20.6 Å². The Labute approximate surface area is 151 Å². The minimum atomic E-state index is 1.11. The lowest BCUT2D eigenvalue weighted by Crippen LogP contribution is -2.39. The molecule has 1 aromatic rings. The molecule has 1 heteroatoms. The first kappa shape index (κ1) is 21.0. The summed E-state index contributed by atoms with van der Waals surface area (Å²) in [6, 6.07) is 10.9. The van der Waals surface area contributed by atoms with Crippen molar-refractivity contribution >= 4 is 0 Å². The third kappa shape index (κ3) is 11.5. The standard InChI is InChI=1S/C23H40N/c1-4-5-6-7-8-9-10-11-12-13-14-18-21-24(2,3)22-23-19-16-15-17-20-23/h4,15-17,19-20H,1,5-14,18,21-22H2,2-3H3/q+1. The van der Waals surface area contributed by atoms with Crippen molar-refractivity contribution in [3.63, 3.8) is 0 Å². The number of hydrogen-bond acceptors (Lipinski definition) is 0. The molecule has 0 aliphatic carbocycles. The minimum absolute atomic E-state index is 1.11. The van der Waals surface area contributed by atoms with Crippen molar-refractivity contribution < 1.29 is 4.48 Å². The summed E-state index contributed by atoms with van der Waals surface area (Å²) < 4.78 is 1.11. The third-order valence-corrected chi connectivity index (χ3v) is 4.88. The van der Waals surface area contributed by atoms with E-state index in [1.54, 1.807) is 0 Å². The largest absolute Gasteiger partial charge is 0.325 e. The maximum Gasteiger partial charge on any atom is 0.104 e. The molecule has 1 nitrogen and oxygen atoms in total. The van der Waals surface area contributed by atoms with Gasteiger partial charge in [-0.2, -0.15) is 0 Å². The van der Waals surface area contributed by atoms with Crippen LogP contribution in [0.5, 0.6) is 0 Å². The summed E-state index contributed by atoms with van der Waals surface area (Å²) in [5.74, 6) is 0. The Hall–Kier alpha value is -1.08. The molecule has 0 amide bonds. The highest BCUT2D eigenvalue weighted by Gasteiger charge is 2.14. The van der Waals surface area contributed by atoms with Crippen LogP contribution in [0.15, 0.2) is 43.0 Å². The second-order valence-electron chi connectivity index (χ2n) is 7.92. The topological polar surface area (TPSA) is 0 Å². The molecule has 0 aliphatic heterocycles. The Morgan fingerprint density at radius 3 is 1.79 bits per heavy atom. The van der Waals surface area contributed by atoms with E-state index in [9.17, 15) is 0 Å². The average molecular weight is 331 g/mol. The maximum absolute atomic E-state index is 3.78. The van der Waals surface area contributed by atoms with Gasteiger partial charge in [0.05, 0.1) is 20.6 Å².